The molecule has 0 unspecified atom stereocenters. The second-order valence-electron chi connectivity index (χ2n) is 7.35. The fraction of sp³-hybridized carbons (Fsp3) is 0.950. The molecule has 0 rings (SSSR count). The van der Waals surface area contributed by atoms with Gasteiger partial charge in [-0.05, 0) is 12.5 Å². The summed E-state index contributed by atoms with van der Waals surface area (Å²) in [5.74, 6) is 0. The van der Waals surface area contributed by atoms with Crippen LogP contribution in [0.15, 0.2) is 4.99 Å². The normalized spacial score (nSPS) is 11.5. The van der Waals surface area contributed by atoms with Gasteiger partial charge in [-0.25, -0.2) is 9.79 Å². The number of hydrogen-bond donors (Lipinski definition) is 0. The zero-order valence-electron chi connectivity index (χ0n) is 16.4. The van der Waals surface area contributed by atoms with Gasteiger partial charge in [-0.3, -0.25) is 0 Å². The molecule has 0 fully saturated rings. The predicted molar refractivity (Wildman–Crippen MR) is 120 cm³/mol. The molecule has 0 aliphatic carbocycles. The molecule has 0 saturated carbocycles. The Morgan fingerprint density at radius 2 is 0.846 bits per heavy atom. The maximum absolute atomic E-state index is 9.91. The van der Waals surface area contributed by atoms with Crippen molar-refractivity contribution in [1.82, 2.24) is 0 Å². The lowest BCUT2D eigenvalue weighted by molar-refractivity contribution is 0.527. The number of nitrogens with zero attached hydrogens (tertiary/aromatic N) is 1. The molecular weight excluding hydrogens is 405 g/mol. The predicted octanol–water partition coefficient (Wildman–Crippen LogP) is 8.61. The average molecular weight is 443 g/mol. The summed E-state index contributed by atoms with van der Waals surface area (Å²) in [7, 11) is 0. The van der Waals surface area contributed by atoms with Crippen molar-refractivity contribution >= 4 is 45.3 Å². The molecule has 0 saturated heterocycles. The van der Waals surface area contributed by atoms with Crippen LogP contribution in [0, 0.1) is 0 Å². The molecule has 0 aromatic carbocycles. The molecule has 2 nitrogen and oxygen atoms in total. The van der Waals surface area contributed by atoms with Crippen molar-refractivity contribution in [2.24, 2.45) is 4.99 Å². The number of carbonyl (C=O) groups excluding carboxylic acids is 1. The molecule has 0 N–H and O–H groups in total. The van der Waals surface area contributed by atoms with Crippen molar-refractivity contribution < 1.29 is 4.79 Å². The number of hydrogen-bond acceptors (Lipinski definition) is 2. The standard InChI is InChI=1S/C20H38Cl3NOSi/c21-26(22,23)19-17-15-13-11-9-7-5-3-1-2-4-6-8-10-12-14-16-18-24-20-25/h1-19H2. The van der Waals surface area contributed by atoms with Gasteiger partial charge in [-0.2, -0.15) is 0 Å². The van der Waals surface area contributed by atoms with E-state index in [0.29, 0.717) is 6.54 Å². The summed E-state index contributed by atoms with van der Waals surface area (Å²) in [6, 6.07) is -1.56. The van der Waals surface area contributed by atoms with E-state index >= 15 is 0 Å². The maximum atomic E-state index is 9.91. The second kappa shape index (κ2) is 20.2. The van der Waals surface area contributed by atoms with Gasteiger partial charge in [0.1, 0.15) is 0 Å². The molecule has 0 atom stereocenters. The zero-order chi connectivity index (χ0) is 19.3. The Bertz CT molecular complexity index is 344. The first kappa shape index (κ1) is 26.5. The van der Waals surface area contributed by atoms with Crippen molar-refractivity contribution in [3.63, 3.8) is 0 Å². The van der Waals surface area contributed by atoms with E-state index in [0.717, 1.165) is 18.9 Å². The van der Waals surface area contributed by atoms with Crippen molar-refractivity contribution in [1.29, 1.82) is 0 Å². The van der Waals surface area contributed by atoms with Crippen molar-refractivity contribution in [2.45, 2.75) is 115 Å². The Balaban J connectivity index is 3.04. The minimum atomic E-state index is -2.37. The van der Waals surface area contributed by atoms with Crippen LogP contribution in [0.3, 0.4) is 0 Å². The minimum Gasteiger partial charge on any atom is -0.211 e. The highest BCUT2D eigenvalue weighted by atomic mass is 35.8. The summed E-state index contributed by atoms with van der Waals surface area (Å²) < 4.78 is 0. The molecule has 0 amide bonds. The third-order valence-corrected chi connectivity index (χ3v) is 7.42. The van der Waals surface area contributed by atoms with Gasteiger partial charge in [0.2, 0.25) is 6.08 Å². The van der Waals surface area contributed by atoms with Gasteiger partial charge in [-0.1, -0.05) is 103 Å². The highest BCUT2D eigenvalue weighted by Gasteiger charge is 2.23. The Labute approximate surface area is 176 Å². The third-order valence-electron chi connectivity index (χ3n) is 4.79. The Kier molecular flexibility index (Phi) is 20.6. The first-order valence-corrected chi connectivity index (χ1v) is 15.9. The topological polar surface area (TPSA) is 29.4 Å². The second-order valence-corrected chi connectivity index (χ2v) is 16.6. The summed E-state index contributed by atoms with van der Waals surface area (Å²) in [4.78, 5) is 13.5. The Hall–Kier alpha value is 0.467. The molecule has 0 aliphatic heterocycles. The monoisotopic (exact) mass is 441 g/mol. The van der Waals surface area contributed by atoms with E-state index < -0.39 is 6.00 Å². The summed E-state index contributed by atoms with van der Waals surface area (Å²) >= 11 is 17.6. The van der Waals surface area contributed by atoms with Gasteiger partial charge in [0.05, 0.1) is 6.54 Å². The van der Waals surface area contributed by atoms with E-state index in [4.69, 9.17) is 33.2 Å². The van der Waals surface area contributed by atoms with E-state index in [1.54, 1.807) is 6.08 Å². The van der Waals surface area contributed by atoms with Gasteiger partial charge in [-0.15, -0.1) is 33.2 Å². The summed E-state index contributed by atoms with van der Waals surface area (Å²) in [5, 5.41) is 0. The SMILES string of the molecule is O=C=NCCCCCCCCCCCCCCCCCCC[Si](Cl)(Cl)Cl. The van der Waals surface area contributed by atoms with E-state index in [9.17, 15) is 4.79 Å². The van der Waals surface area contributed by atoms with Gasteiger partial charge in [0.25, 0.3) is 0 Å². The molecule has 26 heavy (non-hydrogen) atoms. The van der Waals surface area contributed by atoms with Crippen LogP contribution in [-0.4, -0.2) is 18.6 Å². The van der Waals surface area contributed by atoms with E-state index in [1.807, 2.05) is 0 Å². The molecule has 0 bridgehead atoms. The zero-order valence-corrected chi connectivity index (χ0v) is 19.7. The quantitative estimate of drug-likeness (QED) is 0.0609. The lowest BCUT2D eigenvalue weighted by atomic mass is 10.0. The molecule has 0 aromatic heterocycles. The number of halogens is 3. The van der Waals surface area contributed by atoms with Crippen LogP contribution in [0.4, 0.5) is 0 Å². The van der Waals surface area contributed by atoms with Gasteiger partial charge in [0, 0.05) is 0 Å². The highest BCUT2D eigenvalue weighted by molar-refractivity contribution is 7.64. The first-order chi connectivity index (χ1) is 12.6. The van der Waals surface area contributed by atoms with Gasteiger partial charge < -0.3 is 0 Å². The summed E-state index contributed by atoms with van der Waals surface area (Å²) in [5.41, 5.74) is 0. The van der Waals surface area contributed by atoms with Crippen LogP contribution < -0.4 is 0 Å². The lowest BCUT2D eigenvalue weighted by Gasteiger charge is -2.07. The fourth-order valence-corrected chi connectivity index (χ4v) is 5.07. The van der Waals surface area contributed by atoms with Crippen molar-refractivity contribution in [3.8, 4) is 0 Å². The first-order valence-electron chi connectivity index (χ1n) is 10.7. The van der Waals surface area contributed by atoms with Crippen LogP contribution in [0.5, 0.6) is 0 Å². The number of rotatable bonds is 20. The van der Waals surface area contributed by atoms with E-state index in [1.165, 1.54) is 96.3 Å². The van der Waals surface area contributed by atoms with E-state index in [-0.39, 0.29) is 0 Å². The maximum Gasteiger partial charge on any atom is 0.341 e. The molecule has 6 heteroatoms. The molecular formula is C20H38Cl3NOSi. The summed E-state index contributed by atoms with van der Waals surface area (Å²) in [6.45, 7) is 0.654. The molecule has 154 valence electrons. The van der Waals surface area contributed by atoms with Crippen molar-refractivity contribution in [3.05, 3.63) is 0 Å². The lowest BCUT2D eigenvalue weighted by Crippen LogP contribution is -2.07. The minimum absolute atomic E-state index is 0.654. The molecule has 0 aromatic rings. The van der Waals surface area contributed by atoms with Crippen LogP contribution in [0.2, 0.25) is 6.04 Å². The highest BCUT2D eigenvalue weighted by Crippen LogP contribution is 2.27. The van der Waals surface area contributed by atoms with Gasteiger partial charge in [0.15, 0.2) is 0 Å². The van der Waals surface area contributed by atoms with Crippen LogP contribution in [-0.2, 0) is 4.79 Å². The molecule has 0 aliphatic rings. The number of aliphatic imine (C=N–C) groups is 1. The molecule has 0 spiro atoms. The molecule has 0 heterocycles. The smallest absolute Gasteiger partial charge is 0.211 e. The van der Waals surface area contributed by atoms with Crippen LogP contribution in [0.1, 0.15) is 109 Å². The number of isocyanates is 1. The number of unbranched alkanes of at least 4 members (excludes halogenated alkanes) is 16. The Morgan fingerprint density at radius 1 is 0.538 bits per heavy atom. The van der Waals surface area contributed by atoms with Gasteiger partial charge >= 0.3 is 6.00 Å². The average Bonchev–Trinajstić information content (AvgIpc) is 2.59. The third kappa shape index (κ3) is 24.5. The van der Waals surface area contributed by atoms with E-state index in [2.05, 4.69) is 4.99 Å². The van der Waals surface area contributed by atoms with Crippen molar-refractivity contribution in [2.75, 3.05) is 6.54 Å². The van der Waals surface area contributed by atoms with Crippen LogP contribution >= 0.6 is 33.2 Å². The Morgan fingerprint density at radius 3 is 1.15 bits per heavy atom. The molecule has 0 radical (unpaired) electrons. The summed E-state index contributed by atoms with van der Waals surface area (Å²) in [6.07, 6.45) is 23.8. The largest absolute Gasteiger partial charge is 0.341 e. The van der Waals surface area contributed by atoms with Crippen LogP contribution in [0.25, 0.3) is 0 Å². The fourth-order valence-electron chi connectivity index (χ4n) is 3.21.